The first kappa shape index (κ1) is 9.66. The summed E-state index contributed by atoms with van der Waals surface area (Å²) < 4.78 is 0. The summed E-state index contributed by atoms with van der Waals surface area (Å²) in [6, 6.07) is 1.87. The molecule has 1 aromatic heterocycles. The second-order valence-electron chi connectivity index (χ2n) is 1.70. The third kappa shape index (κ3) is 2.12. The van der Waals surface area contributed by atoms with E-state index in [1.54, 1.807) is 6.20 Å². The van der Waals surface area contributed by atoms with Crippen molar-refractivity contribution in [3.8, 4) is 0 Å². The molecule has 0 fully saturated rings. The number of rotatable bonds is 1. The fourth-order valence-electron chi connectivity index (χ4n) is 0.604. The lowest BCUT2D eigenvalue weighted by Gasteiger charge is -1.93. The fourth-order valence-corrected chi connectivity index (χ4v) is 0.844. The highest BCUT2D eigenvalue weighted by atomic mass is 35.5. The molecule has 0 aromatic carbocycles. The van der Waals surface area contributed by atoms with Crippen molar-refractivity contribution in [2.75, 3.05) is 0 Å². The van der Waals surface area contributed by atoms with E-state index in [0.717, 1.165) is 12.0 Å². The molecule has 0 aliphatic carbocycles. The minimum absolute atomic E-state index is 0. The minimum atomic E-state index is 0. The van der Waals surface area contributed by atoms with Crippen LogP contribution in [-0.4, -0.2) is 10.2 Å². The van der Waals surface area contributed by atoms with E-state index < -0.39 is 0 Å². The van der Waals surface area contributed by atoms with Gasteiger partial charge in [-0.1, -0.05) is 18.5 Å². The SMILES string of the molecule is CCc1ccnnc1Cl.Cl. The zero-order valence-electron chi connectivity index (χ0n) is 5.54. The maximum atomic E-state index is 5.65. The molecule has 0 amide bonds. The standard InChI is InChI=1S/C6H7ClN2.ClH/c1-2-5-3-4-8-9-6(5)7;/h3-4H,2H2,1H3;1H. The summed E-state index contributed by atoms with van der Waals surface area (Å²) in [5.74, 6) is 0. The van der Waals surface area contributed by atoms with Crippen LogP contribution in [0.3, 0.4) is 0 Å². The Labute approximate surface area is 71.0 Å². The molecule has 1 heterocycles. The van der Waals surface area contributed by atoms with Gasteiger partial charge in [-0.3, -0.25) is 0 Å². The maximum absolute atomic E-state index is 5.65. The molecule has 0 saturated carbocycles. The second kappa shape index (κ2) is 4.47. The topological polar surface area (TPSA) is 25.8 Å². The van der Waals surface area contributed by atoms with Gasteiger partial charge in [0.25, 0.3) is 0 Å². The second-order valence-corrected chi connectivity index (χ2v) is 2.06. The summed E-state index contributed by atoms with van der Waals surface area (Å²) in [5, 5.41) is 7.79. The van der Waals surface area contributed by atoms with Crippen LogP contribution in [0.5, 0.6) is 0 Å². The molecule has 0 saturated heterocycles. The Bertz CT molecular complexity index is 203. The lowest BCUT2D eigenvalue weighted by molar-refractivity contribution is 0.984. The summed E-state index contributed by atoms with van der Waals surface area (Å²) >= 11 is 5.65. The number of halogens is 2. The Kier molecular flexibility index (Phi) is 4.32. The van der Waals surface area contributed by atoms with Gasteiger partial charge in [-0.25, -0.2) is 0 Å². The van der Waals surface area contributed by atoms with E-state index >= 15 is 0 Å². The van der Waals surface area contributed by atoms with Gasteiger partial charge in [0, 0.05) is 6.20 Å². The van der Waals surface area contributed by atoms with Gasteiger partial charge < -0.3 is 0 Å². The van der Waals surface area contributed by atoms with Crippen molar-refractivity contribution in [1.82, 2.24) is 10.2 Å². The van der Waals surface area contributed by atoms with Crippen molar-refractivity contribution in [3.05, 3.63) is 23.0 Å². The zero-order valence-corrected chi connectivity index (χ0v) is 7.11. The summed E-state index contributed by atoms with van der Waals surface area (Å²) in [6.45, 7) is 2.03. The highest BCUT2D eigenvalue weighted by Crippen LogP contribution is 2.09. The number of nitrogens with zero attached hydrogens (tertiary/aromatic N) is 2. The average molecular weight is 179 g/mol. The van der Waals surface area contributed by atoms with Crippen LogP contribution in [0.1, 0.15) is 12.5 Å². The summed E-state index contributed by atoms with van der Waals surface area (Å²) in [6.07, 6.45) is 2.55. The van der Waals surface area contributed by atoms with E-state index in [4.69, 9.17) is 11.6 Å². The Morgan fingerprint density at radius 3 is 2.70 bits per heavy atom. The lowest BCUT2D eigenvalue weighted by Crippen LogP contribution is -1.86. The highest BCUT2D eigenvalue weighted by molar-refractivity contribution is 6.30. The van der Waals surface area contributed by atoms with E-state index in [-0.39, 0.29) is 12.4 Å². The van der Waals surface area contributed by atoms with E-state index in [2.05, 4.69) is 10.2 Å². The molecule has 1 rings (SSSR count). The van der Waals surface area contributed by atoms with E-state index in [0.29, 0.717) is 5.15 Å². The van der Waals surface area contributed by atoms with Crippen LogP contribution < -0.4 is 0 Å². The third-order valence-corrected chi connectivity index (χ3v) is 1.45. The first-order valence-electron chi connectivity index (χ1n) is 2.80. The zero-order chi connectivity index (χ0) is 6.69. The van der Waals surface area contributed by atoms with E-state index in [1.807, 2.05) is 13.0 Å². The molecule has 0 radical (unpaired) electrons. The largest absolute Gasteiger partial charge is 0.158 e. The average Bonchev–Trinajstić information content (AvgIpc) is 1.89. The molecule has 2 nitrogen and oxygen atoms in total. The first-order chi connectivity index (χ1) is 4.34. The number of aryl methyl sites for hydroxylation is 1. The Morgan fingerprint density at radius 2 is 2.30 bits per heavy atom. The minimum Gasteiger partial charge on any atom is -0.158 e. The first-order valence-corrected chi connectivity index (χ1v) is 3.18. The lowest BCUT2D eigenvalue weighted by atomic mass is 10.2. The van der Waals surface area contributed by atoms with Crippen LogP contribution in [0.15, 0.2) is 12.3 Å². The molecule has 0 bridgehead atoms. The predicted octanol–water partition coefficient (Wildman–Crippen LogP) is 2.11. The monoisotopic (exact) mass is 178 g/mol. The van der Waals surface area contributed by atoms with Crippen LogP contribution in [-0.2, 0) is 6.42 Å². The van der Waals surface area contributed by atoms with Gasteiger partial charge in [0.1, 0.15) is 0 Å². The summed E-state index contributed by atoms with van der Waals surface area (Å²) in [4.78, 5) is 0. The smallest absolute Gasteiger partial charge is 0.154 e. The molecule has 56 valence electrons. The molecule has 0 N–H and O–H groups in total. The normalized spacial score (nSPS) is 8.60. The van der Waals surface area contributed by atoms with Crippen LogP contribution in [0, 0.1) is 0 Å². The predicted molar refractivity (Wildman–Crippen MR) is 43.7 cm³/mol. The molecule has 0 unspecified atom stereocenters. The van der Waals surface area contributed by atoms with Crippen LogP contribution in [0.4, 0.5) is 0 Å². The molecule has 0 atom stereocenters. The van der Waals surface area contributed by atoms with Gasteiger partial charge in [-0.05, 0) is 18.1 Å². The molecule has 1 aromatic rings. The molecule has 0 aliphatic heterocycles. The van der Waals surface area contributed by atoms with Gasteiger partial charge in [0.05, 0.1) is 0 Å². The van der Waals surface area contributed by atoms with Crippen molar-refractivity contribution >= 4 is 24.0 Å². The molecular weight excluding hydrogens is 171 g/mol. The molecule has 0 aliphatic rings. The molecule has 4 heteroatoms. The van der Waals surface area contributed by atoms with Gasteiger partial charge >= 0.3 is 0 Å². The number of hydrogen-bond acceptors (Lipinski definition) is 2. The number of aromatic nitrogens is 2. The van der Waals surface area contributed by atoms with Crippen molar-refractivity contribution in [2.45, 2.75) is 13.3 Å². The summed E-state index contributed by atoms with van der Waals surface area (Å²) in [7, 11) is 0. The van der Waals surface area contributed by atoms with Gasteiger partial charge in [0.2, 0.25) is 0 Å². The molecule has 0 spiro atoms. The van der Waals surface area contributed by atoms with Gasteiger partial charge in [-0.15, -0.1) is 17.5 Å². The van der Waals surface area contributed by atoms with Crippen molar-refractivity contribution < 1.29 is 0 Å². The Hall–Kier alpha value is -0.340. The van der Waals surface area contributed by atoms with Crippen molar-refractivity contribution in [3.63, 3.8) is 0 Å². The highest BCUT2D eigenvalue weighted by Gasteiger charge is 1.94. The van der Waals surface area contributed by atoms with Crippen LogP contribution >= 0.6 is 24.0 Å². The van der Waals surface area contributed by atoms with E-state index in [1.165, 1.54) is 0 Å². The molecule has 10 heavy (non-hydrogen) atoms. The maximum Gasteiger partial charge on any atom is 0.154 e. The third-order valence-electron chi connectivity index (χ3n) is 1.13. The van der Waals surface area contributed by atoms with Crippen molar-refractivity contribution in [1.29, 1.82) is 0 Å². The fraction of sp³-hybridized carbons (Fsp3) is 0.333. The summed E-state index contributed by atoms with van der Waals surface area (Å²) in [5.41, 5.74) is 1.05. The van der Waals surface area contributed by atoms with Gasteiger partial charge in [-0.2, -0.15) is 5.10 Å². The quantitative estimate of drug-likeness (QED) is 0.659. The van der Waals surface area contributed by atoms with Crippen LogP contribution in [0.2, 0.25) is 5.15 Å². The Morgan fingerprint density at radius 1 is 1.60 bits per heavy atom. The molecular formula is C6H8Cl2N2. The van der Waals surface area contributed by atoms with Gasteiger partial charge in [0.15, 0.2) is 5.15 Å². The van der Waals surface area contributed by atoms with E-state index in [9.17, 15) is 0 Å². The van der Waals surface area contributed by atoms with Crippen molar-refractivity contribution in [2.24, 2.45) is 0 Å². The van der Waals surface area contributed by atoms with Crippen LogP contribution in [0.25, 0.3) is 0 Å². The number of hydrogen-bond donors (Lipinski definition) is 0. The Balaban J connectivity index is 0.000000810.